The molecule has 0 bridgehead atoms. The van der Waals surface area contributed by atoms with Gasteiger partial charge in [0, 0.05) is 16.8 Å². The third kappa shape index (κ3) is 6.26. The van der Waals surface area contributed by atoms with Crippen LogP contribution in [0.2, 0.25) is 0 Å². The Balaban J connectivity index is 1.55. The molecule has 0 aliphatic rings. The van der Waals surface area contributed by atoms with Crippen molar-refractivity contribution in [2.75, 3.05) is 19.0 Å². The molecule has 158 valence electrons. The van der Waals surface area contributed by atoms with Crippen LogP contribution >= 0.6 is 15.9 Å². The lowest BCUT2D eigenvalue weighted by Gasteiger charge is -2.09. The molecule has 1 amide bonds. The summed E-state index contributed by atoms with van der Waals surface area (Å²) >= 11 is 3.37. The summed E-state index contributed by atoms with van der Waals surface area (Å²) in [6, 6.07) is 20.5. The van der Waals surface area contributed by atoms with Gasteiger partial charge in [-0.05, 0) is 57.9 Å². The fourth-order valence-electron chi connectivity index (χ4n) is 2.83. The van der Waals surface area contributed by atoms with Gasteiger partial charge < -0.3 is 14.8 Å². The van der Waals surface area contributed by atoms with E-state index in [1.165, 1.54) is 0 Å². The van der Waals surface area contributed by atoms with Crippen LogP contribution in [0.3, 0.4) is 0 Å². The van der Waals surface area contributed by atoms with Gasteiger partial charge in [-0.2, -0.15) is 0 Å². The molecule has 0 unspecified atom stereocenters. The molecule has 3 aromatic carbocycles. The summed E-state index contributed by atoms with van der Waals surface area (Å²) in [5.74, 6) is -0.493. The van der Waals surface area contributed by atoms with E-state index in [0.717, 1.165) is 10.0 Å². The van der Waals surface area contributed by atoms with Crippen molar-refractivity contribution in [2.45, 2.75) is 6.42 Å². The van der Waals surface area contributed by atoms with Crippen LogP contribution in [0.4, 0.5) is 5.69 Å². The number of carbonyl (C=O) groups is 3. The number of esters is 1. The average Bonchev–Trinajstić information content (AvgIpc) is 2.78. The number of rotatable bonds is 8. The van der Waals surface area contributed by atoms with Gasteiger partial charge in [-0.25, -0.2) is 0 Å². The van der Waals surface area contributed by atoms with Crippen molar-refractivity contribution in [3.05, 3.63) is 94.0 Å². The van der Waals surface area contributed by atoms with Crippen LogP contribution in [0.5, 0.6) is 5.75 Å². The van der Waals surface area contributed by atoms with Gasteiger partial charge in [0.2, 0.25) is 0 Å². The molecule has 7 heteroatoms. The molecule has 0 fully saturated rings. The molecule has 0 saturated heterocycles. The minimum absolute atomic E-state index is 0.0308. The van der Waals surface area contributed by atoms with Gasteiger partial charge in [0.05, 0.1) is 18.0 Å². The summed E-state index contributed by atoms with van der Waals surface area (Å²) in [7, 11) is 1.56. The average molecular weight is 482 g/mol. The summed E-state index contributed by atoms with van der Waals surface area (Å²) in [4.78, 5) is 36.8. The lowest BCUT2D eigenvalue weighted by Crippen LogP contribution is -2.16. The van der Waals surface area contributed by atoms with Crippen molar-refractivity contribution in [3.63, 3.8) is 0 Å². The Kier molecular flexibility index (Phi) is 7.56. The molecule has 0 aromatic heterocycles. The van der Waals surface area contributed by atoms with E-state index in [9.17, 15) is 14.4 Å². The van der Waals surface area contributed by atoms with Gasteiger partial charge in [-0.15, -0.1) is 0 Å². The van der Waals surface area contributed by atoms with Crippen molar-refractivity contribution >= 4 is 39.3 Å². The van der Waals surface area contributed by atoms with Gasteiger partial charge >= 0.3 is 5.97 Å². The third-order valence-electron chi connectivity index (χ3n) is 4.41. The fraction of sp³-hybridized carbons (Fsp3) is 0.125. The minimum atomic E-state index is -0.515. The maximum Gasteiger partial charge on any atom is 0.310 e. The standard InChI is InChI=1S/C24H20BrNO5/c1-30-22-11-10-16(12-20(22)25)13-23(28)31-15-21(27)18-8-5-9-19(14-18)26-24(29)17-6-3-2-4-7-17/h2-12,14H,13,15H2,1H3,(H,26,29). The van der Waals surface area contributed by atoms with Gasteiger partial charge in [0.1, 0.15) is 5.75 Å². The molecular weight excluding hydrogens is 462 g/mol. The lowest BCUT2D eigenvalue weighted by atomic mass is 10.1. The molecule has 0 atom stereocenters. The number of ketones is 1. The van der Waals surface area contributed by atoms with Gasteiger partial charge in [0.25, 0.3) is 5.91 Å². The van der Waals surface area contributed by atoms with E-state index in [2.05, 4.69) is 21.2 Å². The number of carbonyl (C=O) groups excluding carboxylic acids is 3. The number of amides is 1. The molecule has 1 N–H and O–H groups in total. The van der Waals surface area contributed by atoms with Crippen molar-refractivity contribution in [1.82, 2.24) is 0 Å². The number of Topliss-reactive ketones (excluding diaryl/α,β-unsaturated/α-hetero) is 1. The molecule has 0 heterocycles. The molecule has 31 heavy (non-hydrogen) atoms. The van der Waals surface area contributed by atoms with Crippen molar-refractivity contribution in [1.29, 1.82) is 0 Å². The quantitative estimate of drug-likeness (QED) is 0.373. The summed E-state index contributed by atoms with van der Waals surface area (Å²) in [5, 5.41) is 2.75. The first-order chi connectivity index (χ1) is 15.0. The minimum Gasteiger partial charge on any atom is -0.496 e. The second kappa shape index (κ2) is 10.5. The molecule has 0 aliphatic carbocycles. The van der Waals surface area contributed by atoms with E-state index in [-0.39, 0.29) is 24.7 Å². The number of hydrogen-bond acceptors (Lipinski definition) is 5. The molecule has 3 rings (SSSR count). The highest BCUT2D eigenvalue weighted by molar-refractivity contribution is 9.10. The third-order valence-corrected chi connectivity index (χ3v) is 5.03. The molecule has 3 aromatic rings. The summed E-state index contributed by atoms with van der Waals surface area (Å²) in [6.07, 6.45) is 0.0308. The van der Waals surface area contributed by atoms with E-state index in [1.807, 2.05) is 6.07 Å². The van der Waals surface area contributed by atoms with Gasteiger partial charge in [-0.3, -0.25) is 14.4 Å². The topological polar surface area (TPSA) is 81.7 Å². The Morgan fingerprint density at radius 2 is 1.65 bits per heavy atom. The summed E-state index contributed by atoms with van der Waals surface area (Å²) in [6.45, 7) is -0.383. The van der Waals surface area contributed by atoms with E-state index < -0.39 is 5.97 Å². The van der Waals surface area contributed by atoms with E-state index in [4.69, 9.17) is 9.47 Å². The Bertz CT molecular complexity index is 1100. The Labute approximate surface area is 188 Å². The summed E-state index contributed by atoms with van der Waals surface area (Å²) < 4.78 is 11.0. The highest BCUT2D eigenvalue weighted by Gasteiger charge is 2.13. The maximum absolute atomic E-state index is 12.4. The number of hydrogen-bond donors (Lipinski definition) is 1. The molecule has 0 radical (unpaired) electrons. The zero-order valence-electron chi connectivity index (χ0n) is 16.8. The second-order valence-corrected chi connectivity index (χ2v) is 7.48. The number of ether oxygens (including phenoxy) is 2. The predicted molar refractivity (Wildman–Crippen MR) is 121 cm³/mol. The van der Waals surface area contributed by atoms with Crippen LogP contribution in [0, 0.1) is 0 Å². The Morgan fingerprint density at radius 3 is 2.35 bits per heavy atom. The number of benzene rings is 3. The van der Waals surface area contributed by atoms with Crippen molar-refractivity contribution in [3.8, 4) is 5.75 Å². The van der Waals surface area contributed by atoms with Gasteiger partial charge in [0.15, 0.2) is 12.4 Å². The second-order valence-electron chi connectivity index (χ2n) is 6.63. The first kappa shape index (κ1) is 22.2. The molecule has 6 nitrogen and oxygen atoms in total. The normalized spacial score (nSPS) is 10.3. The van der Waals surface area contributed by atoms with Crippen LogP contribution in [-0.4, -0.2) is 31.4 Å². The van der Waals surface area contributed by atoms with Crippen LogP contribution in [0.25, 0.3) is 0 Å². The van der Waals surface area contributed by atoms with Crippen molar-refractivity contribution < 1.29 is 23.9 Å². The van der Waals surface area contributed by atoms with E-state index in [0.29, 0.717) is 22.6 Å². The first-order valence-corrected chi connectivity index (χ1v) is 10.2. The van der Waals surface area contributed by atoms with Crippen LogP contribution in [0.15, 0.2) is 77.3 Å². The largest absolute Gasteiger partial charge is 0.496 e. The fourth-order valence-corrected chi connectivity index (χ4v) is 3.42. The van der Waals surface area contributed by atoms with Crippen LogP contribution < -0.4 is 10.1 Å². The smallest absolute Gasteiger partial charge is 0.310 e. The number of halogens is 1. The van der Waals surface area contributed by atoms with E-state index in [1.54, 1.807) is 73.8 Å². The molecular formula is C24H20BrNO5. The Hall–Kier alpha value is -3.45. The van der Waals surface area contributed by atoms with Crippen LogP contribution in [0.1, 0.15) is 26.3 Å². The predicted octanol–water partition coefficient (Wildman–Crippen LogP) is 4.68. The zero-order valence-corrected chi connectivity index (χ0v) is 18.3. The first-order valence-electron chi connectivity index (χ1n) is 9.44. The molecule has 0 aliphatic heterocycles. The lowest BCUT2D eigenvalue weighted by molar-refractivity contribution is -0.141. The highest BCUT2D eigenvalue weighted by Crippen LogP contribution is 2.25. The number of anilines is 1. The van der Waals surface area contributed by atoms with Crippen molar-refractivity contribution in [2.24, 2.45) is 0 Å². The SMILES string of the molecule is COc1ccc(CC(=O)OCC(=O)c2cccc(NC(=O)c3ccccc3)c2)cc1Br. The number of methoxy groups -OCH3 is 1. The van der Waals surface area contributed by atoms with E-state index >= 15 is 0 Å². The molecule has 0 spiro atoms. The monoisotopic (exact) mass is 481 g/mol. The highest BCUT2D eigenvalue weighted by atomic mass is 79.9. The Morgan fingerprint density at radius 1 is 0.903 bits per heavy atom. The molecule has 0 saturated carbocycles. The number of nitrogens with one attached hydrogen (secondary N) is 1. The zero-order chi connectivity index (χ0) is 22.2. The van der Waals surface area contributed by atoms with Gasteiger partial charge in [-0.1, -0.05) is 36.4 Å². The maximum atomic E-state index is 12.4. The summed E-state index contributed by atoms with van der Waals surface area (Å²) in [5.41, 5.74) is 2.06. The van der Waals surface area contributed by atoms with Crippen LogP contribution in [-0.2, 0) is 16.0 Å².